The molecule has 152 valence electrons. The fraction of sp³-hybridized carbons (Fsp3) is 0.364. The Morgan fingerprint density at radius 2 is 1.79 bits per heavy atom. The number of nitrogens with zero attached hydrogens (tertiary/aromatic N) is 2. The van der Waals surface area contributed by atoms with Crippen molar-refractivity contribution < 1.29 is 9.59 Å². The number of piperidine rings is 1. The van der Waals surface area contributed by atoms with Gasteiger partial charge in [-0.05, 0) is 30.5 Å². The Morgan fingerprint density at radius 3 is 2.45 bits per heavy atom. The second kappa shape index (κ2) is 9.32. The summed E-state index contributed by atoms with van der Waals surface area (Å²) in [4.78, 5) is 38.1. The summed E-state index contributed by atoms with van der Waals surface area (Å²) < 4.78 is 1.64. The van der Waals surface area contributed by atoms with E-state index >= 15 is 0 Å². The summed E-state index contributed by atoms with van der Waals surface area (Å²) in [6.45, 7) is 3.24. The zero-order chi connectivity index (χ0) is 20.8. The zero-order valence-electron chi connectivity index (χ0n) is 16.6. The largest absolute Gasteiger partial charge is 0.351 e. The summed E-state index contributed by atoms with van der Waals surface area (Å²) in [6, 6.07) is 12.9. The molecule has 0 aliphatic carbocycles. The van der Waals surface area contributed by atoms with E-state index in [0.717, 1.165) is 11.1 Å². The molecule has 2 heterocycles. The van der Waals surface area contributed by atoms with E-state index in [1.54, 1.807) is 28.7 Å². The Bertz CT molecular complexity index is 949. The third-order valence-electron chi connectivity index (χ3n) is 5.05. The lowest BCUT2D eigenvalue weighted by Crippen LogP contribution is -2.46. The molecule has 29 heavy (non-hydrogen) atoms. The molecule has 1 aromatic heterocycles. The van der Waals surface area contributed by atoms with Crippen LogP contribution in [0.2, 0.25) is 0 Å². The van der Waals surface area contributed by atoms with Gasteiger partial charge in [0.25, 0.3) is 5.56 Å². The maximum absolute atomic E-state index is 12.3. The fourth-order valence-electron chi connectivity index (χ4n) is 3.40. The first-order valence-electron chi connectivity index (χ1n) is 9.75. The standard InChI is InChI=1S/C22H26N4O3/c1-16(23)12-24-22(29)19-9-10-21(28)26(15-19)14-18-7-5-17(6-8-18)13-25-11-3-2-4-20(25)27/h2-8,11,19,23H,9-10,12-15H2,1H3,(H,24,29). The second-order valence-electron chi connectivity index (χ2n) is 7.49. The van der Waals surface area contributed by atoms with Gasteiger partial charge in [-0.2, -0.15) is 0 Å². The maximum atomic E-state index is 12.3. The SMILES string of the molecule is CC(=N)CNC(=O)C1CCC(=O)N(Cc2ccc(Cn3ccccc3=O)cc2)C1. The number of likely N-dealkylation sites (tertiary alicyclic amines) is 1. The molecular formula is C22H26N4O3. The van der Waals surface area contributed by atoms with Gasteiger partial charge >= 0.3 is 0 Å². The minimum atomic E-state index is -0.240. The van der Waals surface area contributed by atoms with Gasteiger partial charge in [-0.25, -0.2) is 0 Å². The number of rotatable bonds is 7. The van der Waals surface area contributed by atoms with Crippen molar-refractivity contribution in [2.45, 2.75) is 32.9 Å². The average molecular weight is 394 g/mol. The van der Waals surface area contributed by atoms with E-state index in [2.05, 4.69) is 5.32 Å². The number of amides is 2. The molecule has 2 N–H and O–H groups in total. The summed E-state index contributed by atoms with van der Waals surface area (Å²) in [5.41, 5.74) is 2.35. The van der Waals surface area contributed by atoms with Gasteiger partial charge in [-0.1, -0.05) is 30.3 Å². The van der Waals surface area contributed by atoms with E-state index in [1.165, 1.54) is 6.07 Å². The predicted octanol–water partition coefficient (Wildman–Crippen LogP) is 1.79. The highest BCUT2D eigenvalue weighted by molar-refractivity contribution is 5.88. The van der Waals surface area contributed by atoms with Crippen LogP contribution in [-0.4, -0.2) is 40.1 Å². The van der Waals surface area contributed by atoms with Crippen molar-refractivity contribution in [2.75, 3.05) is 13.1 Å². The summed E-state index contributed by atoms with van der Waals surface area (Å²) in [7, 11) is 0. The lowest BCUT2D eigenvalue weighted by Gasteiger charge is -2.32. The van der Waals surface area contributed by atoms with E-state index in [-0.39, 0.29) is 29.8 Å². The maximum Gasteiger partial charge on any atom is 0.250 e. The molecule has 1 unspecified atom stereocenters. The second-order valence-corrected chi connectivity index (χ2v) is 7.49. The summed E-state index contributed by atoms with van der Waals surface area (Å²) in [5.74, 6) is -0.286. The van der Waals surface area contributed by atoms with Crippen LogP contribution < -0.4 is 10.9 Å². The number of carbonyl (C=O) groups excluding carboxylic acids is 2. The number of hydrogen-bond donors (Lipinski definition) is 2. The van der Waals surface area contributed by atoms with Gasteiger partial charge in [-0.3, -0.25) is 14.4 Å². The van der Waals surface area contributed by atoms with Gasteiger partial charge < -0.3 is 20.2 Å². The van der Waals surface area contributed by atoms with Crippen molar-refractivity contribution in [2.24, 2.45) is 5.92 Å². The fourth-order valence-corrected chi connectivity index (χ4v) is 3.40. The molecule has 7 heteroatoms. The first-order chi connectivity index (χ1) is 13.9. The van der Waals surface area contributed by atoms with Crippen LogP contribution >= 0.6 is 0 Å². The third kappa shape index (κ3) is 5.63. The number of benzene rings is 1. The van der Waals surface area contributed by atoms with E-state index in [0.29, 0.717) is 38.2 Å². The molecule has 1 fully saturated rings. The minimum absolute atomic E-state index is 0.0435. The normalized spacial score (nSPS) is 16.5. The minimum Gasteiger partial charge on any atom is -0.351 e. The lowest BCUT2D eigenvalue weighted by molar-refractivity contribution is -0.138. The van der Waals surface area contributed by atoms with Gasteiger partial charge in [-0.15, -0.1) is 0 Å². The Labute approximate surface area is 169 Å². The third-order valence-corrected chi connectivity index (χ3v) is 5.05. The van der Waals surface area contributed by atoms with Crippen molar-refractivity contribution in [3.05, 3.63) is 70.1 Å². The van der Waals surface area contributed by atoms with Crippen LogP contribution in [0.25, 0.3) is 0 Å². The van der Waals surface area contributed by atoms with Crippen molar-refractivity contribution in [3.63, 3.8) is 0 Å². The van der Waals surface area contributed by atoms with Gasteiger partial charge in [0.15, 0.2) is 0 Å². The first-order valence-corrected chi connectivity index (χ1v) is 9.75. The van der Waals surface area contributed by atoms with E-state index in [9.17, 15) is 14.4 Å². The summed E-state index contributed by atoms with van der Waals surface area (Å²) >= 11 is 0. The Kier molecular flexibility index (Phi) is 6.59. The van der Waals surface area contributed by atoms with Gasteiger partial charge in [0.1, 0.15) is 0 Å². The van der Waals surface area contributed by atoms with E-state index in [4.69, 9.17) is 5.41 Å². The van der Waals surface area contributed by atoms with Crippen LogP contribution in [-0.2, 0) is 22.7 Å². The molecule has 3 rings (SSSR count). The van der Waals surface area contributed by atoms with Gasteiger partial charge in [0.2, 0.25) is 11.8 Å². The molecule has 1 atom stereocenters. The molecule has 2 amide bonds. The number of pyridine rings is 1. The zero-order valence-corrected chi connectivity index (χ0v) is 16.6. The van der Waals surface area contributed by atoms with Gasteiger partial charge in [0.05, 0.1) is 19.0 Å². The van der Waals surface area contributed by atoms with Crippen molar-refractivity contribution in [1.29, 1.82) is 5.41 Å². The molecular weight excluding hydrogens is 368 g/mol. The first kappa shape index (κ1) is 20.5. The average Bonchev–Trinajstić information content (AvgIpc) is 2.71. The highest BCUT2D eigenvalue weighted by Crippen LogP contribution is 2.20. The Hall–Kier alpha value is -3.22. The van der Waals surface area contributed by atoms with Gasteiger partial charge in [0, 0.05) is 37.5 Å². The molecule has 1 aliphatic heterocycles. The van der Waals surface area contributed by atoms with Crippen LogP contribution in [0.4, 0.5) is 0 Å². The van der Waals surface area contributed by atoms with Crippen molar-refractivity contribution >= 4 is 17.5 Å². The molecule has 7 nitrogen and oxygen atoms in total. The van der Waals surface area contributed by atoms with E-state index < -0.39 is 0 Å². The highest BCUT2D eigenvalue weighted by Gasteiger charge is 2.30. The number of nitrogens with one attached hydrogen (secondary N) is 2. The Balaban J connectivity index is 1.60. The molecule has 0 saturated carbocycles. The molecule has 1 aromatic carbocycles. The molecule has 2 aromatic rings. The van der Waals surface area contributed by atoms with Crippen LogP contribution in [0.3, 0.4) is 0 Å². The highest BCUT2D eigenvalue weighted by atomic mass is 16.2. The molecule has 0 bridgehead atoms. The molecule has 1 aliphatic rings. The number of hydrogen-bond acceptors (Lipinski definition) is 4. The van der Waals surface area contributed by atoms with Crippen LogP contribution in [0, 0.1) is 11.3 Å². The van der Waals surface area contributed by atoms with Crippen LogP contribution in [0.5, 0.6) is 0 Å². The molecule has 0 spiro atoms. The number of carbonyl (C=O) groups is 2. The Morgan fingerprint density at radius 1 is 1.10 bits per heavy atom. The lowest BCUT2D eigenvalue weighted by atomic mass is 9.96. The molecule has 0 radical (unpaired) electrons. The topological polar surface area (TPSA) is 95.3 Å². The monoisotopic (exact) mass is 394 g/mol. The van der Waals surface area contributed by atoms with Crippen molar-refractivity contribution in [1.82, 2.24) is 14.8 Å². The molecule has 1 saturated heterocycles. The van der Waals surface area contributed by atoms with Crippen molar-refractivity contribution in [3.8, 4) is 0 Å². The summed E-state index contributed by atoms with van der Waals surface area (Å²) in [6.07, 6.45) is 2.66. The quantitative estimate of drug-likeness (QED) is 0.701. The predicted molar refractivity (Wildman–Crippen MR) is 111 cm³/mol. The van der Waals surface area contributed by atoms with Crippen LogP contribution in [0.15, 0.2) is 53.5 Å². The number of aromatic nitrogens is 1. The van der Waals surface area contributed by atoms with Crippen LogP contribution in [0.1, 0.15) is 30.9 Å². The smallest absolute Gasteiger partial charge is 0.250 e. The van der Waals surface area contributed by atoms with E-state index in [1.807, 2.05) is 30.3 Å². The summed E-state index contributed by atoms with van der Waals surface area (Å²) in [5, 5.41) is 10.2.